The minimum Gasteiger partial charge on any atom is -0.399 e. The minimum atomic E-state index is -0.327. The van der Waals surface area contributed by atoms with Gasteiger partial charge in [0, 0.05) is 6.54 Å². The maximum atomic E-state index is 6.48. The highest BCUT2D eigenvalue weighted by molar-refractivity contribution is 6.62. The number of nitrogens with one attached hydrogen (secondary N) is 2. The summed E-state index contributed by atoms with van der Waals surface area (Å²) in [4.78, 5) is 8.16. The zero-order valence-electron chi connectivity index (χ0n) is 22.5. The van der Waals surface area contributed by atoms with Crippen molar-refractivity contribution in [2.45, 2.75) is 77.0 Å². The molecule has 2 fully saturated rings. The summed E-state index contributed by atoms with van der Waals surface area (Å²) < 4.78 is 13.0. The molecule has 7 rings (SSSR count). The van der Waals surface area contributed by atoms with E-state index < -0.39 is 0 Å². The van der Waals surface area contributed by atoms with Crippen molar-refractivity contribution < 1.29 is 9.31 Å². The van der Waals surface area contributed by atoms with E-state index in [4.69, 9.17) is 9.31 Å². The molecule has 1 saturated heterocycles. The number of H-pyrrole nitrogens is 1. The lowest BCUT2D eigenvalue weighted by atomic mass is 9.72. The molecular weight excluding hydrogens is 457 g/mol. The van der Waals surface area contributed by atoms with E-state index in [2.05, 4.69) is 92.4 Å². The van der Waals surface area contributed by atoms with Gasteiger partial charge < -0.3 is 19.6 Å². The number of aromatic nitrogens is 2. The Morgan fingerprint density at radius 3 is 2.32 bits per heavy atom. The van der Waals surface area contributed by atoms with E-state index in [1.807, 2.05) is 6.20 Å². The fourth-order valence-corrected chi connectivity index (χ4v) is 6.55. The smallest absolute Gasteiger partial charge is 0.399 e. The number of benzene rings is 2. The van der Waals surface area contributed by atoms with Crippen LogP contribution in [0.5, 0.6) is 0 Å². The van der Waals surface area contributed by atoms with E-state index in [0.29, 0.717) is 5.92 Å². The van der Waals surface area contributed by atoms with Crippen LogP contribution in [0.4, 0.5) is 0 Å². The quantitative estimate of drug-likeness (QED) is 0.363. The van der Waals surface area contributed by atoms with Crippen molar-refractivity contribution in [2.24, 2.45) is 5.92 Å². The molecule has 0 radical (unpaired) electrons. The lowest BCUT2D eigenvalue weighted by molar-refractivity contribution is 0.00578. The largest absolute Gasteiger partial charge is 0.495 e. The van der Waals surface area contributed by atoms with Gasteiger partial charge in [0.05, 0.1) is 29.1 Å². The normalized spacial score (nSPS) is 27.1. The highest BCUT2D eigenvalue weighted by Gasteiger charge is 2.53. The van der Waals surface area contributed by atoms with E-state index in [-0.39, 0.29) is 24.4 Å². The molecule has 6 heteroatoms. The number of hydrogen-bond acceptors (Lipinski definition) is 4. The summed E-state index contributed by atoms with van der Waals surface area (Å²) in [6, 6.07) is 13.7. The highest BCUT2D eigenvalue weighted by atomic mass is 16.7. The molecule has 37 heavy (non-hydrogen) atoms. The maximum Gasteiger partial charge on any atom is 0.495 e. The first-order valence-corrected chi connectivity index (χ1v) is 13.8. The molecule has 190 valence electrons. The summed E-state index contributed by atoms with van der Waals surface area (Å²) in [6.45, 7) is 11.6. The van der Waals surface area contributed by atoms with Crippen LogP contribution in [-0.4, -0.2) is 34.8 Å². The Kier molecular flexibility index (Phi) is 5.18. The monoisotopic (exact) mass is 493 g/mol. The van der Waals surface area contributed by atoms with Gasteiger partial charge in [-0.3, -0.25) is 0 Å². The van der Waals surface area contributed by atoms with Gasteiger partial charge in [-0.15, -0.1) is 0 Å². The van der Waals surface area contributed by atoms with Crippen LogP contribution >= 0.6 is 0 Å². The van der Waals surface area contributed by atoms with Gasteiger partial charge in [0.2, 0.25) is 0 Å². The van der Waals surface area contributed by atoms with Crippen LogP contribution in [0.15, 0.2) is 54.2 Å². The molecule has 2 aliphatic heterocycles. The second-order valence-electron chi connectivity index (χ2n) is 12.5. The Labute approximate surface area is 220 Å². The van der Waals surface area contributed by atoms with Crippen LogP contribution in [0.1, 0.15) is 76.4 Å². The Hall–Kier alpha value is -2.67. The first-order chi connectivity index (χ1) is 17.7. The molecule has 1 saturated carbocycles. The van der Waals surface area contributed by atoms with E-state index >= 15 is 0 Å². The lowest BCUT2D eigenvalue weighted by Gasteiger charge is -2.32. The van der Waals surface area contributed by atoms with Gasteiger partial charge >= 0.3 is 7.12 Å². The van der Waals surface area contributed by atoms with Crippen LogP contribution in [0.3, 0.4) is 0 Å². The molecular formula is C31H36BN3O2. The fourth-order valence-electron chi connectivity index (χ4n) is 6.55. The summed E-state index contributed by atoms with van der Waals surface area (Å²) in [5, 5.41) is 3.48. The molecule has 3 atom stereocenters. The molecule has 2 aromatic carbocycles. The Morgan fingerprint density at radius 1 is 0.946 bits per heavy atom. The topological polar surface area (TPSA) is 59.2 Å². The molecule has 5 nitrogen and oxygen atoms in total. The summed E-state index contributed by atoms with van der Waals surface area (Å²) >= 11 is 0. The zero-order chi connectivity index (χ0) is 25.5. The number of rotatable bonds is 4. The summed E-state index contributed by atoms with van der Waals surface area (Å²) in [6.07, 6.45) is 7.95. The van der Waals surface area contributed by atoms with Gasteiger partial charge in [-0.1, -0.05) is 48.0 Å². The van der Waals surface area contributed by atoms with Crippen molar-refractivity contribution >= 4 is 12.6 Å². The molecule has 2 N–H and O–H groups in total. The van der Waals surface area contributed by atoms with E-state index in [0.717, 1.165) is 36.0 Å². The van der Waals surface area contributed by atoms with Gasteiger partial charge in [0.25, 0.3) is 0 Å². The van der Waals surface area contributed by atoms with Crippen molar-refractivity contribution in [1.29, 1.82) is 0 Å². The zero-order valence-corrected chi connectivity index (χ0v) is 22.5. The average Bonchev–Trinajstić information content (AvgIpc) is 3.59. The standard InChI is InChI=1S/C31H36BN3O2/c1-18-14-26(33-16-18)29-34-17-27(35-29)20-8-6-19(7-9-20)22-12-13-25(24-15-21-10-11-23(21)28(22)24)32-36-30(2,3)31(4,5)37-32/h6-9,12-14,17,21,23,26,33H,10-11,15-16H2,1-5H3,(H,34,35)/t21?,23?,26-/m0/s1. The van der Waals surface area contributed by atoms with Crippen molar-refractivity contribution in [1.82, 2.24) is 15.3 Å². The molecule has 0 bridgehead atoms. The van der Waals surface area contributed by atoms with Gasteiger partial charge in [-0.05, 0) is 99.0 Å². The van der Waals surface area contributed by atoms with Crippen LogP contribution in [0, 0.1) is 5.92 Å². The summed E-state index contributed by atoms with van der Waals surface area (Å²) in [7, 11) is -0.296. The number of imidazole rings is 1. The third-order valence-electron chi connectivity index (χ3n) is 9.60. The van der Waals surface area contributed by atoms with Gasteiger partial charge in [0.1, 0.15) is 5.82 Å². The van der Waals surface area contributed by atoms with Crippen LogP contribution in [-0.2, 0) is 15.7 Å². The predicted octanol–water partition coefficient (Wildman–Crippen LogP) is 5.68. The highest BCUT2D eigenvalue weighted by Crippen LogP contribution is 2.54. The third kappa shape index (κ3) is 3.68. The Morgan fingerprint density at radius 2 is 1.68 bits per heavy atom. The Balaban J connectivity index is 1.20. The van der Waals surface area contributed by atoms with Gasteiger partial charge in [0.15, 0.2) is 0 Å². The second-order valence-corrected chi connectivity index (χ2v) is 12.5. The van der Waals surface area contributed by atoms with Crippen molar-refractivity contribution in [3.05, 3.63) is 71.2 Å². The van der Waals surface area contributed by atoms with Crippen LogP contribution < -0.4 is 10.8 Å². The van der Waals surface area contributed by atoms with Crippen LogP contribution in [0.25, 0.3) is 22.4 Å². The van der Waals surface area contributed by atoms with E-state index in [9.17, 15) is 0 Å². The average molecular weight is 493 g/mol. The first-order valence-electron chi connectivity index (χ1n) is 13.8. The summed E-state index contributed by atoms with van der Waals surface area (Å²) in [5.74, 6) is 2.41. The number of nitrogens with zero attached hydrogens (tertiary/aromatic N) is 1. The van der Waals surface area contributed by atoms with Crippen molar-refractivity contribution in [3.8, 4) is 22.4 Å². The first kappa shape index (κ1) is 23.5. The number of hydrogen-bond donors (Lipinski definition) is 2. The number of fused-ring (bicyclic) bond motifs is 3. The van der Waals surface area contributed by atoms with Crippen molar-refractivity contribution in [2.75, 3.05) is 6.54 Å². The predicted molar refractivity (Wildman–Crippen MR) is 149 cm³/mol. The molecule has 0 spiro atoms. The minimum absolute atomic E-state index is 0.175. The fraction of sp³-hybridized carbons (Fsp3) is 0.452. The molecule has 0 amide bonds. The van der Waals surface area contributed by atoms with Crippen molar-refractivity contribution in [3.63, 3.8) is 0 Å². The van der Waals surface area contributed by atoms with E-state index in [1.165, 1.54) is 46.1 Å². The SMILES string of the molecule is CC1=C[C@@H](c2ncc(-c3ccc(-c4ccc(B5OC(C)(C)C(C)(C)O5)c5c4C4CCC4C5)cc3)[nH]2)NC1. The molecule has 3 aromatic rings. The number of aromatic amines is 1. The summed E-state index contributed by atoms with van der Waals surface area (Å²) in [5.41, 5.74) is 9.82. The Bertz CT molecular complexity index is 1390. The third-order valence-corrected chi connectivity index (χ3v) is 9.60. The lowest BCUT2D eigenvalue weighted by Crippen LogP contribution is -2.41. The van der Waals surface area contributed by atoms with E-state index in [1.54, 1.807) is 0 Å². The van der Waals surface area contributed by atoms with Gasteiger partial charge in [-0.25, -0.2) is 4.98 Å². The van der Waals surface area contributed by atoms with Crippen LogP contribution in [0.2, 0.25) is 0 Å². The van der Waals surface area contributed by atoms with Gasteiger partial charge in [-0.2, -0.15) is 0 Å². The molecule has 3 heterocycles. The molecule has 2 aliphatic carbocycles. The second kappa shape index (κ2) is 8.16. The molecule has 4 aliphatic rings. The maximum absolute atomic E-state index is 6.48. The molecule has 2 unspecified atom stereocenters. The molecule has 1 aromatic heterocycles.